The topological polar surface area (TPSA) is 81.8 Å². The number of benzene rings is 2. The molecule has 1 amide bonds. The van der Waals surface area contributed by atoms with Crippen molar-refractivity contribution in [1.82, 2.24) is 15.6 Å². The Balaban J connectivity index is 1.23. The van der Waals surface area contributed by atoms with Gasteiger partial charge in [-0.3, -0.25) is 9.79 Å². The van der Waals surface area contributed by atoms with Crippen LogP contribution in [0.25, 0.3) is 10.9 Å². The Morgan fingerprint density at radius 2 is 2.03 bits per heavy atom. The van der Waals surface area contributed by atoms with E-state index in [1.807, 2.05) is 24.3 Å². The number of amides is 1. The maximum Gasteiger partial charge on any atom is 0.265 e. The Labute approximate surface area is 182 Å². The summed E-state index contributed by atoms with van der Waals surface area (Å²) in [6.07, 6.45) is 3.80. The smallest absolute Gasteiger partial charge is 0.265 e. The second-order valence-electron chi connectivity index (χ2n) is 7.69. The summed E-state index contributed by atoms with van der Waals surface area (Å²) in [5, 5.41) is 7.97. The molecule has 31 heavy (non-hydrogen) atoms. The Hall–Kier alpha value is -3.48. The first-order valence-electron chi connectivity index (χ1n) is 10.7. The molecule has 0 spiro atoms. The van der Waals surface area contributed by atoms with E-state index in [4.69, 9.17) is 4.74 Å². The first kappa shape index (κ1) is 20.8. The molecular formula is C24H29N5O2. The molecule has 162 valence electrons. The summed E-state index contributed by atoms with van der Waals surface area (Å²) < 4.78 is 5.50. The number of carbonyl (C=O) groups excluding carboxylic acids is 1. The third-order valence-electron chi connectivity index (χ3n) is 5.49. The molecule has 7 heteroatoms. The fourth-order valence-corrected chi connectivity index (χ4v) is 3.89. The lowest BCUT2D eigenvalue weighted by atomic mass is 10.1. The van der Waals surface area contributed by atoms with Gasteiger partial charge in [-0.05, 0) is 49.1 Å². The fourth-order valence-electron chi connectivity index (χ4n) is 3.89. The van der Waals surface area contributed by atoms with Crippen LogP contribution in [0, 0.1) is 6.92 Å². The maximum atomic E-state index is 12.2. The van der Waals surface area contributed by atoms with Crippen LogP contribution in [0.4, 0.5) is 5.69 Å². The summed E-state index contributed by atoms with van der Waals surface area (Å²) in [5.41, 5.74) is 4.57. The number of aryl methyl sites for hydroxylation is 1. The minimum absolute atomic E-state index is 0.00451. The van der Waals surface area contributed by atoms with Gasteiger partial charge < -0.3 is 25.3 Å². The van der Waals surface area contributed by atoms with Crippen LogP contribution in [0.15, 0.2) is 53.7 Å². The number of hydrogen-bond donors (Lipinski definition) is 3. The van der Waals surface area contributed by atoms with E-state index in [0.717, 1.165) is 43.3 Å². The van der Waals surface area contributed by atoms with Crippen molar-refractivity contribution in [3.63, 3.8) is 0 Å². The standard InChI is InChI=1S/C24H29N5O2/c1-17-8-9-19-18(15-28-20(19)14-17)10-12-27-24(25-2)26-11-5-13-29-21-6-3-4-7-22(21)31-16-23(29)30/h3-4,6-9,14-15,28H,5,10-13,16H2,1-2H3,(H2,25,26,27). The van der Waals surface area contributed by atoms with Crippen LogP contribution in [0.2, 0.25) is 0 Å². The SMILES string of the molecule is CN=C(NCCCN1C(=O)COc2ccccc21)NCCc1c[nH]c2cc(C)ccc12. The van der Waals surface area contributed by atoms with Gasteiger partial charge in [0.1, 0.15) is 5.75 Å². The quantitative estimate of drug-likeness (QED) is 0.312. The summed E-state index contributed by atoms with van der Waals surface area (Å²) in [6, 6.07) is 14.2. The van der Waals surface area contributed by atoms with Crippen LogP contribution in [0.3, 0.4) is 0 Å². The predicted molar refractivity (Wildman–Crippen MR) is 125 cm³/mol. The summed E-state index contributed by atoms with van der Waals surface area (Å²) in [4.78, 5) is 21.7. The molecule has 0 atom stereocenters. The van der Waals surface area contributed by atoms with Crippen molar-refractivity contribution in [3.05, 3.63) is 59.8 Å². The number of hydrogen-bond acceptors (Lipinski definition) is 3. The van der Waals surface area contributed by atoms with Gasteiger partial charge in [0, 0.05) is 43.8 Å². The van der Waals surface area contributed by atoms with Crippen molar-refractivity contribution in [1.29, 1.82) is 0 Å². The van der Waals surface area contributed by atoms with Gasteiger partial charge in [0.25, 0.3) is 5.91 Å². The van der Waals surface area contributed by atoms with Gasteiger partial charge in [-0.1, -0.05) is 24.3 Å². The highest BCUT2D eigenvalue weighted by Crippen LogP contribution is 2.31. The second-order valence-corrected chi connectivity index (χ2v) is 7.69. The number of guanidine groups is 1. The summed E-state index contributed by atoms with van der Waals surface area (Å²) in [7, 11) is 1.77. The highest BCUT2D eigenvalue weighted by Gasteiger charge is 2.24. The largest absolute Gasteiger partial charge is 0.482 e. The second kappa shape index (κ2) is 9.55. The van der Waals surface area contributed by atoms with E-state index in [0.29, 0.717) is 6.54 Å². The molecule has 0 radical (unpaired) electrons. The molecule has 1 aliphatic rings. The van der Waals surface area contributed by atoms with Gasteiger partial charge in [0.2, 0.25) is 0 Å². The third kappa shape index (κ3) is 4.82. The molecule has 0 aliphatic carbocycles. The first-order chi connectivity index (χ1) is 15.2. The van der Waals surface area contributed by atoms with Crippen LogP contribution >= 0.6 is 0 Å². The van der Waals surface area contributed by atoms with E-state index >= 15 is 0 Å². The zero-order chi connectivity index (χ0) is 21.6. The van der Waals surface area contributed by atoms with Crippen molar-refractivity contribution >= 4 is 28.5 Å². The molecule has 2 heterocycles. The first-order valence-corrected chi connectivity index (χ1v) is 10.7. The Bertz CT molecular complexity index is 1090. The number of rotatable bonds is 7. The molecule has 1 aliphatic heterocycles. The number of aromatic nitrogens is 1. The van der Waals surface area contributed by atoms with Gasteiger partial charge in [0.15, 0.2) is 12.6 Å². The van der Waals surface area contributed by atoms with Crippen LogP contribution in [-0.2, 0) is 11.2 Å². The summed E-state index contributed by atoms with van der Waals surface area (Å²) in [5.74, 6) is 1.53. The number of ether oxygens (including phenoxy) is 1. The van der Waals surface area contributed by atoms with Crippen LogP contribution in [0.1, 0.15) is 17.5 Å². The Morgan fingerprint density at radius 3 is 2.90 bits per heavy atom. The average molecular weight is 420 g/mol. The molecule has 2 aromatic carbocycles. The molecule has 0 bridgehead atoms. The highest BCUT2D eigenvalue weighted by atomic mass is 16.5. The fraction of sp³-hybridized carbons (Fsp3) is 0.333. The monoisotopic (exact) mass is 419 g/mol. The lowest BCUT2D eigenvalue weighted by Gasteiger charge is -2.29. The van der Waals surface area contributed by atoms with E-state index in [1.54, 1.807) is 11.9 Å². The number of fused-ring (bicyclic) bond motifs is 2. The van der Waals surface area contributed by atoms with Gasteiger partial charge in [0.05, 0.1) is 5.69 Å². The Kier molecular flexibility index (Phi) is 6.40. The number of aromatic amines is 1. The number of aliphatic imine (C=N–C) groups is 1. The molecule has 7 nitrogen and oxygen atoms in total. The summed E-state index contributed by atoms with van der Waals surface area (Å²) in [6.45, 7) is 4.35. The molecule has 0 saturated carbocycles. The van der Waals surface area contributed by atoms with Crippen LogP contribution in [0.5, 0.6) is 5.75 Å². The molecule has 0 unspecified atom stereocenters. The Morgan fingerprint density at radius 1 is 1.19 bits per heavy atom. The van der Waals surface area contributed by atoms with Gasteiger partial charge >= 0.3 is 0 Å². The molecule has 3 aromatic rings. The molecular weight excluding hydrogens is 390 g/mol. The number of carbonyl (C=O) groups is 1. The molecule has 3 N–H and O–H groups in total. The van der Waals surface area contributed by atoms with Crippen LogP contribution < -0.4 is 20.3 Å². The van der Waals surface area contributed by atoms with E-state index in [9.17, 15) is 4.79 Å². The highest BCUT2D eigenvalue weighted by molar-refractivity contribution is 5.97. The number of para-hydroxylation sites is 2. The minimum atomic E-state index is -0.00451. The minimum Gasteiger partial charge on any atom is -0.482 e. The zero-order valence-corrected chi connectivity index (χ0v) is 18.1. The van der Waals surface area contributed by atoms with Crippen molar-refractivity contribution in [2.24, 2.45) is 4.99 Å². The maximum absolute atomic E-state index is 12.2. The number of nitrogens with zero attached hydrogens (tertiary/aromatic N) is 2. The lowest BCUT2D eigenvalue weighted by Crippen LogP contribution is -2.42. The van der Waals surface area contributed by atoms with Gasteiger partial charge in [-0.15, -0.1) is 0 Å². The normalized spacial score (nSPS) is 13.8. The van der Waals surface area contributed by atoms with Crippen molar-refractivity contribution in [2.75, 3.05) is 38.2 Å². The van der Waals surface area contributed by atoms with Crippen LogP contribution in [-0.4, -0.2) is 50.1 Å². The van der Waals surface area contributed by atoms with Gasteiger partial charge in [-0.25, -0.2) is 0 Å². The predicted octanol–water partition coefficient (Wildman–Crippen LogP) is 3.00. The van der Waals surface area contributed by atoms with Crippen molar-refractivity contribution in [2.45, 2.75) is 19.8 Å². The van der Waals surface area contributed by atoms with E-state index < -0.39 is 0 Å². The van der Waals surface area contributed by atoms with Gasteiger partial charge in [-0.2, -0.15) is 0 Å². The molecule has 1 aromatic heterocycles. The van der Waals surface area contributed by atoms with E-state index in [2.05, 4.69) is 51.9 Å². The van der Waals surface area contributed by atoms with Crippen molar-refractivity contribution < 1.29 is 9.53 Å². The summed E-state index contributed by atoms with van der Waals surface area (Å²) >= 11 is 0. The molecule has 0 saturated heterocycles. The molecule has 0 fully saturated rings. The van der Waals surface area contributed by atoms with E-state index in [-0.39, 0.29) is 12.5 Å². The average Bonchev–Trinajstić information content (AvgIpc) is 3.18. The molecule has 4 rings (SSSR count). The lowest BCUT2D eigenvalue weighted by molar-refractivity contribution is -0.121. The third-order valence-corrected chi connectivity index (χ3v) is 5.49. The number of anilines is 1. The van der Waals surface area contributed by atoms with E-state index in [1.165, 1.54) is 22.0 Å². The zero-order valence-electron chi connectivity index (χ0n) is 18.1. The number of nitrogens with one attached hydrogen (secondary N) is 3. The van der Waals surface area contributed by atoms with Crippen molar-refractivity contribution in [3.8, 4) is 5.75 Å². The number of H-pyrrole nitrogens is 1.